The predicted octanol–water partition coefficient (Wildman–Crippen LogP) is 4.81. The summed E-state index contributed by atoms with van der Waals surface area (Å²) >= 11 is 5.26. The third-order valence-electron chi connectivity index (χ3n) is 3.33. The smallest absolute Gasteiger partial charge is 0.0897 e. The molecule has 0 fully saturated rings. The van der Waals surface area contributed by atoms with Gasteiger partial charge in [0, 0.05) is 22.3 Å². The molecule has 108 valence electrons. The highest BCUT2D eigenvalue weighted by atomic mass is 79.9. The van der Waals surface area contributed by atoms with Gasteiger partial charge in [0.25, 0.3) is 0 Å². The number of thiazole rings is 1. The lowest BCUT2D eigenvalue weighted by Gasteiger charge is -2.20. The van der Waals surface area contributed by atoms with E-state index in [4.69, 9.17) is 0 Å². The van der Waals surface area contributed by atoms with Gasteiger partial charge in [-0.25, -0.2) is 4.98 Å². The van der Waals surface area contributed by atoms with E-state index in [0.717, 1.165) is 28.9 Å². The molecule has 0 aliphatic heterocycles. The van der Waals surface area contributed by atoms with Crippen LogP contribution in [0.4, 0.5) is 0 Å². The second-order valence-corrected chi connectivity index (χ2v) is 7.05. The number of rotatable bonds is 6. The molecule has 2 rings (SSSR count). The monoisotopic (exact) mass is 352 g/mol. The maximum Gasteiger partial charge on any atom is 0.0897 e. The lowest BCUT2D eigenvalue weighted by Crippen LogP contribution is -2.25. The lowest BCUT2D eigenvalue weighted by atomic mass is 9.97. The molecular weight excluding hydrogens is 332 g/mol. The largest absolute Gasteiger partial charge is 0.310 e. The zero-order chi connectivity index (χ0) is 14.5. The van der Waals surface area contributed by atoms with Gasteiger partial charge in [0.1, 0.15) is 0 Å². The molecule has 1 aromatic carbocycles. The van der Waals surface area contributed by atoms with Gasteiger partial charge in [-0.2, -0.15) is 0 Å². The topological polar surface area (TPSA) is 24.9 Å². The van der Waals surface area contributed by atoms with Gasteiger partial charge < -0.3 is 5.32 Å². The molecule has 20 heavy (non-hydrogen) atoms. The molecule has 1 aromatic heterocycles. The van der Waals surface area contributed by atoms with Crippen molar-refractivity contribution in [1.82, 2.24) is 10.3 Å². The lowest BCUT2D eigenvalue weighted by molar-refractivity contribution is 0.523. The Kier molecular flexibility index (Phi) is 5.75. The number of aryl methyl sites for hydroxylation is 2. The fourth-order valence-corrected chi connectivity index (χ4v) is 3.45. The summed E-state index contributed by atoms with van der Waals surface area (Å²) in [6.45, 7) is 7.47. The summed E-state index contributed by atoms with van der Waals surface area (Å²) in [5.41, 5.74) is 3.87. The van der Waals surface area contributed by atoms with E-state index < -0.39 is 0 Å². The molecule has 2 aromatic rings. The number of hydrogen-bond acceptors (Lipinski definition) is 3. The molecule has 0 amide bonds. The summed E-state index contributed by atoms with van der Waals surface area (Å²) < 4.78 is 1.14. The van der Waals surface area contributed by atoms with E-state index in [2.05, 4.69) is 70.6 Å². The van der Waals surface area contributed by atoms with Crippen molar-refractivity contribution >= 4 is 27.3 Å². The average Bonchev–Trinajstić information content (AvgIpc) is 2.80. The highest BCUT2D eigenvalue weighted by Crippen LogP contribution is 2.25. The van der Waals surface area contributed by atoms with Gasteiger partial charge in [0.05, 0.1) is 10.7 Å². The van der Waals surface area contributed by atoms with E-state index in [9.17, 15) is 0 Å². The van der Waals surface area contributed by atoms with E-state index in [1.807, 2.05) is 0 Å². The third-order valence-corrected chi connectivity index (χ3v) is 4.64. The maximum absolute atomic E-state index is 4.60. The van der Waals surface area contributed by atoms with Crippen LogP contribution < -0.4 is 5.32 Å². The first-order valence-electron chi connectivity index (χ1n) is 7.00. The Balaban J connectivity index is 2.22. The molecule has 0 aliphatic rings. The first kappa shape index (κ1) is 15.7. The average molecular weight is 353 g/mol. The predicted molar refractivity (Wildman–Crippen MR) is 90.5 cm³/mol. The molecule has 0 saturated carbocycles. The minimum absolute atomic E-state index is 0.338. The van der Waals surface area contributed by atoms with Gasteiger partial charge in [-0.05, 0) is 50.1 Å². The Morgan fingerprint density at radius 1 is 1.35 bits per heavy atom. The summed E-state index contributed by atoms with van der Waals surface area (Å²) in [5, 5.41) is 6.96. The van der Waals surface area contributed by atoms with Gasteiger partial charge in [-0.1, -0.05) is 28.9 Å². The van der Waals surface area contributed by atoms with Crippen LogP contribution >= 0.6 is 27.3 Å². The van der Waals surface area contributed by atoms with Crippen LogP contribution in [0.5, 0.6) is 0 Å². The van der Waals surface area contributed by atoms with Crippen LogP contribution in [0.25, 0.3) is 0 Å². The van der Waals surface area contributed by atoms with Crippen molar-refractivity contribution in [2.75, 3.05) is 6.54 Å². The quantitative estimate of drug-likeness (QED) is 0.806. The fourth-order valence-electron chi connectivity index (χ4n) is 2.35. The van der Waals surface area contributed by atoms with E-state index in [0.29, 0.717) is 6.04 Å². The first-order chi connectivity index (χ1) is 9.60. The second kappa shape index (κ2) is 7.34. The first-order valence-corrected chi connectivity index (χ1v) is 8.68. The van der Waals surface area contributed by atoms with Gasteiger partial charge in [0.15, 0.2) is 0 Å². The molecule has 1 atom stereocenters. The van der Waals surface area contributed by atoms with Crippen molar-refractivity contribution in [1.29, 1.82) is 0 Å². The third kappa shape index (κ3) is 4.14. The SMILES string of the molecule is CCCNC(Cc1csc(C)n1)c1ccc(Br)cc1C. The standard InChI is InChI=1S/C16H21BrN2S/c1-4-7-18-16(9-14-10-20-12(3)19-14)15-6-5-13(17)8-11(15)2/h5-6,8,10,16,18H,4,7,9H2,1-3H3. The van der Waals surface area contributed by atoms with Crippen LogP contribution in [-0.2, 0) is 6.42 Å². The van der Waals surface area contributed by atoms with E-state index in [1.165, 1.54) is 16.8 Å². The van der Waals surface area contributed by atoms with E-state index in [-0.39, 0.29) is 0 Å². The minimum atomic E-state index is 0.338. The fraction of sp³-hybridized carbons (Fsp3) is 0.438. The molecule has 4 heteroatoms. The molecule has 1 heterocycles. The minimum Gasteiger partial charge on any atom is -0.310 e. The number of hydrogen-bond donors (Lipinski definition) is 1. The summed E-state index contributed by atoms with van der Waals surface area (Å²) in [4.78, 5) is 4.60. The van der Waals surface area contributed by atoms with Crippen molar-refractivity contribution in [3.63, 3.8) is 0 Å². The molecule has 0 spiro atoms. The normalized spacial score (nSPS) is 12.6. The van der Waals surface area contributed by atoms with Gasteiger partial charge in [0.2, 0.25) is 0 Å². The molecule has 2 nitrogen and oxygen atoms in total. The van der Waals surface area contributed by atoms with Crippen molar-refractivity contribution in [2.24, 2.45) is 0 Å². The number of aromatic nitrogens is 1. The number of halogens is 1. The summed E-state index contributed by atoms with van der Waals surface area (Å²) in [6, 6.07) is 6.85. The van der Waals surface area contributed by atoms with E-state index in [1.54, 1.807) is 11.3 Å². The molecule has 0 bridgehead atoms. The van der Waals surface area contributed by atoms with Crippen molar-refractivity contribution in [2.45, 2.75) is 39.7 Å². The van der Waals surface area contributed by atoms with Crippen LogP contribution in [0.2, 0.25) is 0 Å². The molecule has 0 aliphatic carbocycles. The van der Waals surface area contributed by atoms with Crippen molar-refractivity contribution < 1.29 is 0 Å². The Morgan fingerprint density at radius 2 is 2.15 bits per heavy atom. The summed E-state index contributed by atoms with van der Waals surface area (Å²) in [7, 11) is 0. The second-order valence-electron chi connectivity index (χ2n) is 5.07. The Bertz CT molecular complexity index is 565. The maximum atomic E-state index is 4.60. The summed E-state index contributed by atoms with van der Waals surface area (Å²) in [6.07, 6.45) is 2.09. The van der Waals surface area contributed by atoms with Crippen LogP contribution in [0.15, 0.2) is 28.1 Å². The summed E-state index contributed by atoms with van der Waals surface area (Å²) in [5.74, 6) is 0. The molecule has 0 radical (unpaired) electrons. The highest BCUT2D eigenvalue weighted by Gasteiger charge is 2.15. The van der Waals surface area contributed by atoms with Crippen molar-refractivity contribution in [3.8, 4) is 0 Å². The number of nitrogens with zero attached hydrogens (tertiary/aromatic N) is 1. The van der Waals surface area contributed by atoms with Crippen LogP contribution in [0.3, 0.4) is 0 Å². The highest BCUT2D eigenvalue weighted by molar-refractivity contribution is 9.10. The van der Waals surface area contributed by atoms with Gasteiger partial charge in [-0.3, -0.25) is 0 Å². The molecule has 1 N–H and O–H groups in total. The number of benzene rings is 1. The van der Waals surface area contributed by atoms with Gasteiger partial charge >= 0.3 is 0 Å². The van der Waals surface area contributed by atoms with Crippen molar-refractivity contribution in [3.05, 3.63) is 49.9 Å². The molecular formula is C16H21BrN2S. The van der Waals surface area contributed by atoms with E-state index >= 15 is 0 Å². The Labute approximate surface area is 133 Å². The Hall–Kier alpha value is -0.710. The number of nitrogens with one attached hydrogen (secondary N) is 1. The van der Waals surface area contributed by atoms with Gasteiger partial charge in [-0.15, -0.1) is 11.3 Å². The zero-order valence-corrected chi connectivity index (χ0v) is 14.6. The van der Waals surface area contributed by atoms with Crippen LogP contribution in [-0.4, -0.2) is 11.5 Å². The zero-order valence-electron chi connectivity index (χ0n) is 12.2. The van der Waals surface area contributed by atoms with Crippen LogP contribution in [0, 0.1) is 13.8 Å². The Morgan fingerprint density at radius 3 is 2.75 bits per heavy atom. The molecule has 0 saturated heterocycles. The molecule has 1 unspecified atom stereocenters. The van der Waals surface area contributed by atoms with Crippen LogP contribution in [0.1, 0.15) is 41.2 Å².